The Labute approximate surface area is 186 Å². The minimum Gasteiger partial charge on any atom is -0.352 e. The summed E-state index contributed by atoms with van der Waals surface area (Å²) in [4.78, 5) is 29.1. The van der Waals surface area contributed by atoms with Crippen molar-refractivity contribution in [2.45, 2.75) is 57.7 Å². The maximum Gasteiger partial charge on any atom is 0.416 e. The van der Waals surface area contributed by atoms with Crippen LogP contribution in [0.2, 0.25) is 0 Å². The van der Waals surface area contributed by atoms with Crippen molar-refractivity contribution in [3.8, 4) is 0 Å². The van der Waals surface area contributed by atoms with Crippen molar-refractivity contribution in [3.63, 3.8) is 0 Å². The molecule has 1 aromatic carbocycles. The molecule has 2 aliphatic heterocycles. The fourth-order valence-electron chi connectivity index (χ4n) is 4.61. The lowest BCUT2D eigenvalue weighted by molar-refractivity contribution is -0.138. The highest BCUT2D eigenvalue weighted by atomic mass is 19.4. The Hall–Kier alpha value is -2.16. The first kappa shape index (κ1) is 24.5. The van der Waals surface area contributed by atoms with Gasteiger partial charge in [-0.05, 0) is 62.8 Å². The molecule has 1 atom stereocenters. The number of nitrogens with one attached hydrogen (secondary N) is 1. The molecule has 0 saturated carbocycles. The summed E-state index contributed by atoms with van der Waals surface area (Å²) < 4.78 is 52.1. The molecule has 1 unspecified atom stereocenters. The van der Waals surface area contributed by atoms with E-state index in [2.05, 4.69) is 17.1 Å². The molecular formula is C23H31F4N3O2. The second-order valence-electron chi connectivity index (χ2n) is 8.79. The topological polar surface area (TPSA) is 52.7 Å². The van der Waals surface area contributed by atoms with E-state index in [4.69, 9.17) is 0 Å². The molecule has 1 N–H and O–H groups in total. The summed E-state index contributed by atoms with van der Waals surface area (Å²) in [6, 6.07) is 2.30. The number of alkyl halides is 3. The van der Waals surface area contributed by atoms with Gasteiger partial charge in [-0.15, -0.1) is 0 Å². The predicted octanol–water partition coefficient (Wildman–Crippen LogP) is 4.08. The Morgan fingerprint density at radius 1 is 1.06 bits per heavy atom. The van der Waals surface area contributed by atoms with Gasteiger partial charge in [-0.3, -0.25) is 14.5 Å². The number of hydrogen-bond acceptors (Lipinski definition) is 3. The van der Waals surface area contributed by atoms with Crippen LogP contribution in [0, 0.1) is 11.7 Å². The fourth-order valence-corrected chi connectivity index (χ4v) is 4.61. The van der Waals surface area contributed by atoms with E-state index in [1.807, 2.05) is 4.90 Å². The van der Waals surface area contributed by atoms with Crippen LogP contribution in [0.3, 0.4) is 0 Å². The summed E-state index contributed by atoms with van der Waals surface area (Å²) in [6.45, 7) is 5.04. The van der Waals surface area contributed by atoms with Gasteiger partial charge >= 0.3 is 6.18 Å². The third-order valence-electron chi connectivity index (χ3n) is 6.56. The van der Waals surface area contributed by atoms with Crippen molar-refractivity contribution in [2.24, 2.45) is 5.92 Å². The molecule has 178 valence electrons. The maximum atomic E-state index is 13.5. The molecule has 2 fully saturated rings. The second kappa shape index (κ2) is 10.6. The predicted molar refractivity (Wildman–Crippen MR) is 113 cm³/mol. The van der Waals surface area contributed by atoms with E-state index in [0.29, 0.717) is 50.7 Å². The molecule has 0 bridgehead atoms. The van der Waals surface area contributed by atoms with Crippen LogP contribution in [0.25, 0.3) is 0 Å². The van der Waals surface area contributed by atoms with Gasteiger partial charge in [-0.2, -0.15) is 13.2 Å². The van der Waals surface area contributed by atoms with Gasteiger partial charge in [-0.25, -0.2) is 4.39 Å². The van der Waals surface area contributed by atoms with Crippen molar-refractivity contribution in [3.05, 3.63) is 35.1 Å². The van der Waals surface area contributed by atoms with Crippen LogP contribution in [0.1, 0.15) is 61.4 Å². The number of hydrogen-bond donors (Lipinski definition) is 1. The molecule has 5 nitrogen and oxygen atoms in total. The van der Waals surface area contributed by atoms with Crippen LogP contribution in [-0.2, 0) is 11.0 Å². The highest BCUT2D eigenvalue weighted by Gasteiger charge is 2.32. The molecule has 0 aromatic heterocycles. The van der Waals surface area contributed by atoms with E-state index in [1.165, 1.54) is 6.42 Å². The molecule has 0 aliphatic carbocycles. The Kier molecular flexibility index (Phi) is 8.14. The molecule has 0 radical (unpaired) electrons. The molecule has 2 amide bonds. The van der Waals surface area contributed by atoms with E-state index in [0.717, 1.165) is 31.9 Å². The lowest BCUT2D eigenvalue weighted by atomic mass is 9.96. The first-order valence-corrected chi connectivity index (χ1v) is 11.3. The smallest absolute Gasteiger partial charge is 0.352 e. The summed E-state index contributed by atoms with van der Waals surface area (Å²) in [7, 11) is 0. The number of carbonyl (C=O) groups is 2. The summed E-state index contributed by atoms with van der Waals surface area (Å²) in [5.74, 6) is -1.58. The molecule has 32 heavy (non-hydrogen) atoms. The van der Waals surface area contributed by atoms with E-state index in [9.17, 15) is 27.2 Å². The van der Waals surface area contributed by atoms with Crippen LogP contribution in [-0.4, -0.2) is 60.4 Å². The zero-order chi connectivity index (χ0) is 23.3. The quantitative estimate of drug-likeness (QED) is 0.655. The Morgan fingerprint density at radius 2 is 1.78 bits per heavy atom. The van der Waals surface area contributed by atoms with E-state index in [-0.39, 0.29) is 23.9 Å². The third kappa shape index (κ3) is 6.43. The number of benzene rings is 1. The maximum absolute atomic E-state index is 13.5. The highest BCUT2D eigenvalue weighted by Crippen LogP contribution is 2.30. The zero-order valence-electron chi connectivity index (χ0n) is 18.4. The molecule has 9 heteroatoms. The van der Waals surface area contributed by atoms with Crippen molar-refractivity contribution in [2.75, 3.05) is 32.7 Å². The zero-order valence-corrected chi connectivity index (χ0v) is 18.4. The van der Waals surface area contributed by atoms with Crippen LogP contribution < -0.4 is 5.32 Å². The summed E-state index contributed by atoms with van der Waals surface area (Å²) in [5, 5.41) is 2.61. The van der Waals surface area contributed by atoms with Crippen molar-refractivity contribution < 1.29 is 27.2 Å². The minimum absolute atomic E-state index is 0.122. The van der Waals surface area contributed by atoms with Crippen LogP contribution in [0.15, 0.2) is 18.2 Å². The Balaban J connectivity index is 1.46. The summed E-state index contributed by atoms with van der Waals surface area (Å²) in [5.41, 5.74) is -1.54. The number of piperidine rings is 2. The average molecular weight is 458 g/mol. The first-order valence-electron chi connectivity index (χ1n) is 11.3. The number of nitrogens with zero attached hydrogens (tertiary/aromatic N) is 2. The SMILES string of the molecule is CCC1CCCCN1CC(=O)N1CCC(CNC(=O)c2cc(F)cc(C(F)(F)F)c2)CC1. The van der Waals surface area contributed by atoms with E-state index >= 15 is 0 Å². The van der Waals surface area contributed by atoms with Gasteiger partial charge in [0.15, 0.2) is 0 Å². The summed E-state index contributed by atoms with van der Waals surface area (Å²) >= 11 is 0. The van der Waals surface area contributed by atoms with E-state index < -0.39 is 23.5 Å². The number of carbonyl (C=O) groups excluding carboxylic acids is 2. The van der Waals surface area contributed by atoms with Gasteiger partial charge in [0, 0.05) is 31.2 Å². The van der Waals surface area contributed by atoms with Gasteiger partial charge < -0.3 is 10.2 Å². The number of amides is 2. The molecule has 2 aliphatic rings. The Bertz CT molecular complexity index is 807. The van der Waals surface area contributed by atoms with Gasteiger partial charge in [-0.1, -0.05) is 13.3 Å². The van der Waals surface area contributed by atoms with Crippen LogP contribution in [0.4, 0.5) is 17.6 Å². The number of likely N-dealkylation sites (tertiary alicyclic amines) is 2. The molecule has 2 heterocycles. The summed E-state index contributed by atoms with van der Waals surface area (Å²) in [6.07, 6.45) is 1.23. The largest absolute Gasteiger partial charge is 0.416 e. The van der Waals surface area contributed by atoms with Gasteiger partial charge in [0.2, 0.25) is 5.91 Å². The fraction of sp³-hybridized carbons (Fsp3) is 0.652. The van der Waals surface area contributed by atoms with Gasteiger partial charge in [0.1, 0.15) is 5.82 Å². The molecule has 2 saturated heterocycles. The van der Waals surface area contributed by atoms with Crippen LogP contribution in [0.5, 0.6) is 0 Å². The molecule has 3 rings (SSSR count). The van der Waals surface area contributed by atoms with Crippen molar-refractivity contribution >= 4 is 11.8 Å². The highest BCUT2D eigenvalue weighted by molar-refractivity contribution is 5.94. The monoisotopic (exact) mass is 457 g/mol. The Morgan fingerprint density at radius 3 is 2.44 bits per heavy atom. The lowest BCUT2D eigenvalue weighted by Crippen LogP contribution is -2.49. The number of halogens is 4. The van der Waals surface area contributed by atoms with Gasteiger partial charge in [0.05, 0.1) is 12.1 Å². The number of rotatable bonds is 6. The first-order chi connectivity index (χ1) is 15.2. The minimum atomic E-state index is -4.72. The van der Waals surface area contributed by atoms with Crippen LogP contribution >= 0.6 is 0 Å². The second-order valence-corrected chi connectivity index (χ2v) is 8.79. The average Bonchev–Trinajstić information content (AvgIpc) is 2.77. The third-order valence-corrected chi connectivity index (χ3v) is 6.56. The molecular weight excluding hydrogens is 426 g/mol. The lowest BCUT2D eigenvalue weighted by Gasteiger charge is -2.38. The van der Waals surface area contributed by atoms with Gasteiger partial charge in [0.25, 0.3) is 5.91 Å². The molecule has 0 spiro atoms. The van der Waals surface area contributed by atoms with E-state index in [1.54, 1.807) is 0 Å². The van der Waals surface area contributed by atoms with Crippen molar-refractivity contribution in [1.29, 1.82) is 0 Å². The van der Waals surface area contributed by atoms with Crippen molar-refractivity contribution in [1.82, 2.24) is 15.1 Å². The standard InChI is InChI=1S/C23H31F4N3O2/c1-2-20-5-3-4-8-30(20)15-21(31)29-9-6-16(7-10-29)14-28-22(32)17-11-18(23(25,26)27)13-19(24)12-17/h11-13,16,20H,2-10,14-15H2,1H3,(H,28,32). The molecule has 1 aromatic rings. The normalized spacial score (nSPS) is 20.9.